The first-order chi connectivity index (χ1) is 22.0. The van der Waals surface area contributed by atoms with E-state index in [0.717, 1.165) is 19.2 Å². The molecule has 0 aromatic heterocycles. The van der Waals surface area contributed by atoms with Gasteiger partial charge in [-0.3, -0.25) is 4.79 Å². The van der Waals surface area contributed by atoms with Crippen molar-refractivity contribution in [2.45, 2.75) is 24.2 Å². The maximum absolute atomic E-state index is 15.1. The fourth-order valence-electron chi connectivity index (χ4n) is 4.73. The number of hydrogen-bond donors (Lipinski definition) is 1. The maximum atomic E-state index is 15.1. The molecule has 4 aromatic rings. The molecule has 47 heavy (non-hydrogen) atoms. The van der Waals surface area contributed by atoms with Gasteiger partial charge < -0.3 is 14.8 Å². The van der Waals surface area contributed by atoms with E-state index in [2.05, 4.69) is 21.4 Å². The molecule has 0 saturated carbocycles. The summed E-state index contributed by atoms with van der Waals surface area (Å²) in [6.07, 6.45) is -14.6. The Hall–Kier alpha value is -5.27. The summed E-state index contributed by atoms with van der Waals surface area (Å²) in [7, 11) is 1.10. The number of methoxy groups -OCH3 is 1. The molecule has 0 aliphatic carbocycles. The van der Waals surface area contributed by atoms with E-state index in [1.807, 2.05) is 0 Å². The maximum Gasteiger partial charge on any atom is 0.461 e. The second kappa shape index (κ2) is 13.2. The van der Waals surface area contributed by atoms with Crippen molar-refractivity contribution in [1.82, 2.24) is 5.32 Å². The number of carbonyl (C=O) groups is 2. The molecular formula is C33H22F9NO4. The normalized spacial score (nSPS) is 13.1. The molecule has 1 atom stereocenters. The van der Waals surface area contributed by atoms with Gasteiger partial charge in [-0.2, -0.15) is 30.7 Å². The van der Waals surface area contributed by atoms with Gasteiger partial charge in [0.1, 0.15) is 22.9 Å². The van der Waals surface area contributed by atoms with Crippen LogP contribution in [0.15, 0.2) is 97.6 Å². The van der Waals surface area contributed by atoms with Crippen LogP contribution in [-0.4, -0.2) is 31.5 Å². The van der Waals surface area contributed by atoms with Crippen LogP contribution in [0.3, 0.4) is 0 Å². The molecule has 0 aliphatic heterocycles. The third-order valence-corrected chi connectivity index (χ3v) is 6.96. The van der Waals surface area contributed by atoms with Gasteiger partial charge in [0, 0.05) is 11.6 Å². The Bertz CT molecular complexity index is 1790. The first-order valence-corrected chi connectivity index (χ1v) is 13.3. The molecule has 1 amide bonds. The highest BCUT2D eigenvalue weighted by Gasteiger charge is 2.45. The van der Waals surface area contributed by atoms with Gasteiger partial charge in [-0.1, -0.05) is 49.0 Å². The number of carbonyl (C=O) groups excluding carboxylic acids is 2. The monoisotopic (exact) mass is 667 g/mol. The minimum atomic E-state index is -5.21. The van der Waals surface area contributed by atoms with Crippen molar-refractivity contribution < 1.29 is 58.6 Å². The summed E-state index contributed by atoms with van der Waals surface area (Å²) in [5.74, 6) is -6.21. The summed E-state index contributed by atoms with van der Waals surface area (Å²) in [4.78, 5) is 25.9. The number of halogens is 9. The van der Waals surface area contributed by atoms with Crippen molar-refractivity contribution in [3.8, 4) is 5.75 Å². The fourth-order valence-corrected chi connectivity index (χ4v) is 4.73. The van der Waals surface area contributed by atoms with E-state index < -0.39 is 70.2 Å². The van der Waals surface area contributed by atoms with Crippen LogP contribution in [-0.2, 0) is 16.5 Å². The van der Waals surface area contributed by atoms with Crippen LogP contribution in [0, 0.1) is 11.6 Å². The van der Waals surface area contributed by atoms with Crippen LogP contribution in [0.1, 0.15) is 43.0 Å². The summed E-state index contributed by atoms with van der Waals surface area (Å²) >= 11 is 0. The molecule has 14 heteroatoms. The number of ether oxygens (including phenoxy) is 2. The number of amides is 1. The van der Waals surface area contributed by atoms with Crippen molar-refractivity contribution in [2.24, 2.45) is 0 Å². The lowest BCUT2D eigenvalue weighted by molar-refractivity contribution is -0.253. The zero-order valence-corrected chi connectivity index (χ0v) is 24.0. The lowest BCUT2D eigenvalue weighted by Gasteiger charge is -2.38. The van der Waals surface area contributed by atoms with Crippen LogP contribution in [0.5, 0.6) is 5.75 Å². The minimum Gasteiger partial charge on any atom is -0.465 e. The van der Waals surface area contributed by atoms with Crippen molar-refractivity contribution >= 4 is 17.4 Å². The number of hydrogen-bond acceptors (Lipinski definition) is 4. The summed E-state index contributed by atoms with van der Waals surface area (Å²) < 4.78 is 133. The zero-order valence-electron chi connectivity index (χ0n) is 24.0. The first-order valence-electron chi connectivity index (χ1n) is 13.3. The molecule has 1 N–H and O–H groups in total. The third kappa shape index (κ3) is 7.26. The molecule has 0 aliphatic rings. The van der Waals surface area contributed by atoms with Crippen LogP contribution < -0.4 is 10.1 Å². The lowest BCUT2D eigenvalue weighted by Crippen LogP contribution is -2.48. The Morgan fingerprint density at radius 1 is 0.766 bits per heavy atom. The molecule has 246 valence electrons. The summed E-state index contributed by atoms with van der Waals surface area (Å²) in [5.41, 5.74) is -5.28. The Labute approximate surface area is 261 Å². The Balaban J connectivity index is 2.04. The lowest BCUT2D eigenvalue weighted by atomic mass is 9.74. The van der Waals surface area contributed by atoms with E-state index in [-0.39, 0.29) is 28.3 Å². The van der Waals surface area contributed by atoms with E-state index in [1.165, 1.54) is 48.5 Å². The van der Waals surface area contributed by atoms with Crippen molar-refractivity contribution in [2.75, 3.05) is 7.11 Å². The van der Waals surface area contributed by atoms with Gasteiger partial charge in [0.2, 0.25) is 0 Å². The summed E-state index contributed by atoms with van der Waals surface area (Å²) in [5, 5.41) is 2.48. The molecule has 4 rings (SSSR count). The molecule has 0 fully saturated rings. The Morgan fingerprint density at radius 3 is 1.96 bits per heavy atom. The van der Waals surface area contributed by atoms with E-state index in [1.54, 1.807) is 6.07 Å². The van der Waals surface area contributed by atoms with Crippen LogP contribution in [0.2, 0.25) is 0 Å². The van der Waals surface area contributed by atoms with Gasteiger partial charge in [-0.15, -0.1) is 0 Å². The van der Waals surface area contributed by atoms with Crippen LogP contribution >= 0.6 is 0 Å². The Kier molecular flexibility index (Phi) is 9.73. The predicted molar refractivity (Wildman–Crippen MR) is 151 cm³/mol. The van der Waals surface area contributed by atoms with Gasteiger partial charge in [0.05, 0.1) is 18.2 Å². The number of nitrogens with one attached hydrogen (secondary N) is 1. The van der Waals surface area contributed by atoms with Gasteiger partial charge in [0.15, 0.2) is 0 Å². The second-order valence-corrected chi connectivity index (χ2v) is 9.95. The standard InChI is InChI=1S/C33H22F9NO4/c1-18(19-6-4-3-5-7-19)31(22-11-8-20(9-12-22)29(45)46-2,23-15-24(34)17-25(16-23)47-33(41,42)30(36)37)43-28(44)21-10-13-27(35)26(14-21)32(38,39)40/h3-17,30H,1H2,2H3,(H,43,44)/t31-/m1/s1. The molecule has 5 nitrogen and oxygen atoms in total. The highest BCUT2D eigenvalue weighted by molar-refractivity contribution is 5.98. The van der Waals surface area contributed by atoms with E-state index >= 15 is 4.39 Å². The minimum absolute atomic E-state index is 0.0185. The van der Waals surface area contributed by atoms with Crippen molar-refractivity contribution in [1.29, 1.82) is 0 Å². The highest BCUT2D eigenvalue weighted by Crippen LogP contribution is 2.44. The third-order valence-electron chi connectivity index (χ3n) is 6.96. The topological polar surface area (TPSA) is 64.6 Å². The largest absolute Gasteiger partial charge is 0.465 e. The van der Waals surface area contributed by atoms with Gasteiger partial charge in [-0.05, 0) is 64.7 Å². The van der Waals surface area contributed by atoms with Crippen LogP contribution in [0.4, 0.5) is 39.5 Å². The molecule has 0 spiro atoms. The first kappa shape index (κ1) is 34.6. The van der Waals surface area contributed by atoms with E-state index in [0.29, 0.717) is 18.2 Å². The summed E-state index contributed by atoms with van der Waals surface area (Å²) in [6.45, 7) is 4.03. The fraction of sp³-hybridized carbons (Fsp3) is 0.152. The zero-order chi connectivity index (χ0) is 34.7. The molecule has 0 bridgehead atoms. The van der Waals surface area contributed by atoms with Gasteiger partial charge in [-0.25, -0.2) is 13.6 Å². The van der Waals surface area contributed by atoms with Crippen LogP contribution in [0.25, 0.3) is 5.57 Å². The van der Waals surface area contributed by atoms with E-state index in [9.17, 15) is 44.7 Å². The number of alkyl halides is 7. The number of esters is 1. The molecule has 0 saturated heterocycles. The van der Waals surface area contributed by atoms with E-state index in [4.69, 9.17) is 0 Å². The van der Waals surface area contributed by atoms with Crippen molar-refractivity contribution in [3.05, 3.63) is 143 Å². The predicted octanol–water partition coefficient (Wildman–Crippen LogP) is 8.39. The average molecular weight is 668 g/mol. The SMILES string of the molecule is C=C(c1ccccc1)[C@@](NC(=O)c1ccc(F)c(C(F)(F)F)c1)(c1ccc(C(=O)OC)cc1)c1cc(F)cc(OC(F)(F)C(F)F)c1. The highest BCUT2D eigenvalue weighted by atomic mass is 19.4. The number of rotatable bonds is 10. The molecule has 0 heterocycles. The van der Waals surface area contributed by atoms with Crippen molar-refractivity contribution in [3.63, 3.8) is 0 Å². The smallest absolute Gasteiger partial charge is 0.461 e. The molecule has 4 aromatic carbocycles. The molecular weight excluding hydrogens is 645 g/mol. The number of benzene rings is 4. The summed E-state index contributed by atoms with van der Waals surface area (Å²) in [6, 6.07) is 15.7. The molecule has 0 unspecified atom stereocenters. The average Bonchev–Trinajstić information content (AvgIpc) is 3.02. The molecule has 0 radical (unpaired) electrons. The van der Waals surface area contributed by atoms with Gasteiger partial charge >= 0.3 is 24.7 Å². The second-order valence-electron chi connectivity index (χ2n) is 9.95. The van der Waals surface area contributed by atoms with Gasteiger partial charge in [0.25, 0.3) is 5.91 Å². The quantitative estimate of drug-likeness (QED) is 0.136. The Morgan fingerprint density at radius 2 is 1.38 bits per heavy atom.